The standard InChI is InChI=1S/C12H10BrNO4S3/c1-19-8-4-2-3-7(5-8)14-21(17,18)10-6-9(12(15)16)20-11(10)13/h2-6,14H,1H3,(H,15,16). The second-order valence-corrected chi connectivity index (χ2v) is 8.79. The first-order chi connectivity index (χ1) is 9.83. The van der Waals surface area contributed by atoms with Gasteiger partial charge in [0.05, 0.1) is 3.79 Å². The van der Waals surface area contributed by atoms with Crippen LogP contribution < -0.4 is 4.72 Å². The number of anilines is 1. The summed E-state index contributed by atoms with van der Waals surface area (Å²) in [5.74, 6) is -1.16. The number of thioether (sulfide) groups is 1. The molecule has 0 aliphatic rings. The van der Waals surface area contributed by atoms with E-state index in [0.29, 0.717) is 5.69 Å². The summed E-state index contributed by atoms with van der Waals surface area (Å²) < 4.78 is 27.4. The summed E-state index contributed by atoms with van der Waals surface area (Å²) in [7, 11) is -3.84. The van der Waals surface area contributed by atoms with Gasteiger partial charge in [0.1, 0.15) is 9.77 Å². The Bertz CT molecular complexity index is 786. The Morgan fingerprint density at radius 2 is 2.10 bits per heavy atom. The van der Waals surface area contributed by atoms with Crippen molar-refractivity contribution < 1.29 is 18.3 Å². The highest BCUT2D eigenvalue weighted by atomic mass is 79.9. The molecule has 0 bridgehead atoms. The van der Waals surface area contributed by atoms with Gasteiger partial charge in [0, 0.05) is 10.6 Å². The predicted octanol–water partition coefficient (Wildman–Crippen LogP) is 3.73. The third-order valence-corrected chi connectivity index (χ3v) is 6.82. The first-order valence-corrected chi connectivity index (χ1v) is 9.85. The molecule has 0 saturated heterocycles. The first-order valence-electron chi connectivity index (χ1n) is 5.53. The molecule has 0 fully saturated rings. The van der Waals surface area contributed by atoms with E-state index in [-0.39, 0.29) is 13.6 Å². The van der Waals surface area contributed by atoms with Crippen molar-refractivity contribution in [1.29, 1.82) is 0 Å². The van der Waals surface area contributed by atoms with E-state index in [4.69, 9.17) is 5.11 Å². The molecule has 0 aliphatic carbocycles. The molecule has 0 spiro atoms. The number of thiophene rings is 1. The van der Waals surface area contributed by atoms with E-state index in [1.165, 1.54) is 11.8 Å². The molecule has 112 valence electrons. The van der Waals surface area contributed by atoms with Gasteiger partial charge in [-0.3, -0.25) is 4.72 Å². The van der Waals surface area contributed by atoms with Gasteiger partial charge in [-0.15, -0.1) is 23.1 Å². The lowest BCUT2D eigenvalue weighted by Crippen LogP contribution is -2.12. The quantitative estimate of drug-likeness (QED) is 0.737. The zero-order chi connectivity index (χ0) is 15.6. The van der Waals surface area contributed by atoms with E-state index in [1.807, 2.05) is 12.3 Å². The first kappa shape index (κ1) is 16.3. The Hall–Kier alpha value is -1.03. The lowest BCUT2D eigenvalue weighted by atomic mass is 10.3. The van der Waals surface area contributed by atoms with Crippen molar-refractivity contribution in [1.82, 2.24) is 0 Å². The third-order valence-electron chi connectivity index (χ3n) is 2.48. The van der Waals surface area contributed by atoms with Crippen LogP contribution in [0.2, 0.25) is 0 Å². The average molecular weight is 408 g/mol. The summed E-state index contributed by atoms with van der Waals surface area (Å²) in [6.07, 6.45) is 1.89. The Morgan fingerprint density at radius 3 is 2.67 bits per heavy atom. The molecule has 9 heteroatoms. The number of carboxylic acid groups (broad SMARTS) is 1. The van der Waals surface area contributed by atoms with Gasteiger partial charge in [-0.2, -0.15) is 0 Å². The fourth-order valence-electron chi connectivity index (χ4n) is 1.54. The molecule has 21 heavy (non-hydrogen) atoms. The van der Waals surface area contributed by atoms with Crippen molar-refractivity contribution in [3.63, 3.8) is 0 Å². The van der Waals surface area contributed by atoms with Crippen LogP contribution in [0, 0.1) is 0 Å². The van der Waals surface area contributed by atoms with Gasteiger partial charge in [-0.25, -0.2) is 13.2 Å². The van der Waals surface area contributed by atoms with Crippen molar-refractivity contribution in [3.8, 4) is 0 Å². The number of carbonyl (C=O) groups is 1. The van der Waals surface area contributed by atoms with E-state index < -0.39 is 16.0 Å². The molecule has 0 radical (unpaired) electrons. The number of halogens is 1. The highest BCUT2D eigenvalue weighted by Crippen LogP contribution is 2.33. The van der Waals surface area contributed by atoms with Gasteiger partial charge < -0.3 is 5.11 Å². The Labute approximate surface area is 138 Å². The second kappa shape index (κ2) is 6.39. The number of aromatic carboxylic acids is 1. The van der Waals surface area contributed by atoms with E-state index in [0.717, 1.165) is 22.3 Å². The Balaban J connectivity index is 2.36. The Morgan fingerprint density at radius 1 is 1.38 bits per heavy atom. The number of rotatable bonds is 5. The van der Waals surface area contributed by atoms with E-state index in [2.05, 4.69) is 20.7 Å². The largest absolute Gasteiger partial charge is 0.477 e. The number of sulfonamides is 1. The van der Waals surface area contributed by atoms with Gasteiger partial charge in [0.2, 0.25) is 0 Å². The number of benzene rings is 1. The zero-order valence-electron chi connectivity index (χ0n) is 10.7. The van der Waals surface area contributed by atoms with Gasteiger partial charge >= 0.3 is 5.97 Å². The third kappa shape index (κ3) is 3.79. The topological polar surface area (TPSA) is 83.5 Å². The molecular formula is C12H10BrNO4S3. The van der Waals surface area contributed by atoms with Crippen LogP contribution in [0.1, 0.15) is 9.67 Å². The average Bonchev–Trinajstić information content (AvgIpc) is 2.81. The van der Waals surface area contributed by atoms with Crippen LogP contribution in [0.4, 0.5) is 5.69 Å². The van der Waals surface area contributed by atoms with Crippen LogP contribution in [-0.4, -0.2) is 25.7 Å². The molecular weight excluding hydrogens is 398 g/mol. The molecule has 0 amide bonds. The Kier molecular flexibility index (Phi) is 4.97. The highest BCUT2D eigenvalue weighted by Gasteiger charge is 2.23. The van der Waals surface area contributed by atoms with Crippen LogP contribution in [-0.2, 0) is 10.0 Å². The SMILES string of the molecule is CSc1cccc(NS(=O)(=O)c2cc(C(=O)O)sc2Br)c1. The van der Waals surface area contributed by atoms with Crippen LogP contribution >= 0.6 is 39.0 Å². The minimum Gasteiger partial charge on any atom is -0.477 e. The minimum atomic E-state index is -3.84. The summed E-state index contributed by atoms with van der Waals surface area (Å²) in [6.45, 7) is 0. The van der Waals surface area contributed by atoms with Crippen LogP contribution in [0.5, 0.6) is 0 Å². The van der Waals surface area contributed by atoms with E-state index in [9.17, 15) is 13.2 Å². The molecule has 5 nitrogen and oxygen atoms in total. The summed E-state index contributed by atoms with van der Waals surface area (Å²) in [5.41, 5.74) is 0.428. The van der Waals surface area contributed by atoms with Crippen molar-refractivity contribution >= 4 is 60.7 Å². The van der Waals surface area contributed by atoms with Crippen LogP contribution in [0.15, 0.2) is 43.9 Å². The molecule has 1 heterocycles. The normalized spacial score (nSPS) is 11.3. The fourth-order valence-corrected chi connectivity index (χ4v) is 5.45. The number of hydrogen-bond donors (Lipinski definition) is 2. The van der Waals surface area contributed by atoms with Gasteiger partial charge in [-0.05, 0) is 46.5 Å². The highest BCUT2D eigenvalue weighted by molar-refractivity contribution is 9.11. The summed E-state index contributed by atoms with van der Waals surface area (Å²) in [6, 6.07) is 8.09. The molecule has 0 aliphatic heterocycles. The van der Waals surface area contributed by atoms with Crippen molar-refractivity contribution in [3.05, 3.63) is 39.0 Å². The van der Waals surface area contributed by atoms with E-state index >= 15 is 0 Å². The molecule has 0 unspecified atom stereocenters. The van der Waals surface area contributed by atoms with Crippen LogP contribution in [0.3, 0.4) is 0 Å². The monoisotopic (exact) mass is 407 g/mol. The molecule has 1 aromatic heterocycles. The molecule has 0 atom stereocenters. The maximum atomic E-state index is 12.3. The number of carboxylic acids is 1. The molecule has 2 aromatic rings. The summed E-state index contributed by atoms with van der Waals surface area (Å²) >= 11 is 5.45. The smallest absolute Gasteiger partial charge is 0.345 e. The van der Waals surface area contributed by atoms with E-state index in [1.54, 1.807) is 18.2 Å². The van der Waals surface area contributed by atoms with Crippen molar-refractivity contribution in [2.45, 2.75) is 9.79 Å². The van der Waals surface area contributed by atoms with Crippen molar-refractivity contribution in [2.24, 2.45) is 0 Å². The fraction of sp³-hybridized carbons (Fsp3) is 0.0833. The predicted molar refractivity (Wildman–Crippen MR) is 88.0 cm³/mol. The molecule has 2 rings (SSSR count). The van der Waals surface area contributed by atoms with Crippen molar-refractivity contribution in [2.75, 3.05) is 11.0 Å². The lowest BCUT2D eigenvalue weighted by molar-refractivity contribution is 0.0702. The van der Waals surface area contributed by atoms with Gasteiger partial charge in [0.15, 0.2) is 0 Å². The molecule has 2 N–H and O–H groups in total. The minimum absolute atomic E-state index is 0.0416. The molecule has 0 saturated carbocycles. The summed E-state index contributed by atoms with van der Waals surface area (Å²) in [4.78, 5) is 11.7. The lowest BCUT2D eigenvalue weighted by Gasteiger charge is -2.08. The number of nitrogens with one attached hydrogen (secondary N) is 1. The zero-order valence-corrected chi connectivity index (χ0v) is 14.7. The molecule has 1 aromatic carbocycles. The second-order valence-electron chi connectivity index (χ2n) is 3.89. The van der Waals surface area contributed by atoms with Gasteiger partial charge in [0.25, 0.3) is 10.0 Å². The summed E-state index contributed by atoms with van der Waals surface area (Å²) in [5, 5.41) is 8.92. The maximum absolute atomic E-state index is 12.3. The van der Waals surface area contributed by atoms with Gasteiger partial charge in [-0.1, -0.05) is 6.07 Å². The maximum Gasteiger partial charge on any atom is 0.345 e. The number of hydrogen-bond acceptors (Lipinski definition) is 5. The van der Waals surface area contributed by atoms with Crippen LogP contribution in [0.25, 0.3) is 0 Å².